The highest BCUT2D eigenvalue weighted by molar-refractivity contribution is 6.32. The van der Waals surface area contributed by atoms with Crippen LogP contribution in [0.2, 0.25) is 5.02 Å². The third kappa shape index (κ3) is 8.03. The van der Waals surface area contributed by atoms with Crippen LogP contribution in [-0.2, 0) is 11.4 Å². The largest absolute Gasteiger partial charge is 0.492 e. The molecule has 2 aromatic carbocycles. The molecule has 0 fully saturated rings. The third-order valence-electron chi connectivity index (χ3n) is 6.75. The van der Waals surface area contributed by atoms with Gasteiger partial charge in [-0.25, -0.2) is 0 Å². The zero-order chi connectivity index (χ0) is 29.4. The van der Waals surface area contributed by atoms with Gasteiger partial charge in [0.1, 0.15) is 18.1 Å². The van der Waals surface area contributed by atoms with Gasteiger partial charge in [-0.05, 0) is 76.8 Å². The Morgan fingerprint density at radius 3 is 2.71 bits per heavy atom. The van der Waals surface area contributed by atoms with E-state index in [1.165, 1.54) is 0 Å². The number of ether oxygens (including phenoxy) is 2. The number of benzene rings is 2. The molecule has 2 atom stereocenters. The summed E-state index contributed by atoms with van der Waals surface area (Å²) >= 11 is 6.58. The number of halogens is 1. The minimum absolute atomic E-state index is 0.0823. The van der Waals surface area contributed by atoms with Crippen molar-refractivity contribution >= 4 is 34.6 Å². The van der Waals surface area contributed by atoms with Gasteiger partial charge in [0.15, 0.2) is 0 Å². The second-order valence-electron chi connectivity index (χ2n) is 10.3. The number of rotatable bonds is 12. The molecule has 1 amide bonds. The van der Waals surface area contributed by atoms with Crippen LogP contribution in [-0.4, -0.2) is 49.6 Å². The molecule has 1 aliphatic rings. The molecule has 4 rings (SSSR count). The van der Waals surface area contributed by atoms with Crippen molar-refractivity contribution < 1.29 is 14.3 Å². The van der Waals surface area contributed by atoms with Crippen molar-refractivity contribution in [3.63, 3.8) is 0 Å². The Morgan fingerprint density at radius 2 is 2.02 bits per heavy atom. The second kappa shape index (κ2) is 14.1. The molecule has 0 spiro atoms. The summed E-state index contributed by atoms with van der Waals surface area (Å²) in [7, 11) is 3.97. The summed E-state index contributed by atoms with van der Waals surface area (Å²) in [5, 5.41) is 20.3. The number of hydrogen-bond acceptors (Lipinski definition) is 8. The molecular formula is C31H37ClN6O3. The Balaban J connectivity index is 1.54. The summed E-state index contributed by atoms with van der Waals surface area (Å²) in [5.41, 5.74) is 4.93. The molecule has 1 aliphatic heterocycles. The van der Waals surface area contributed by atoms with Crippen LogP contribution in [0.4, 0.5) is 17.1 Å². The maximum absolute atomic E-state index is 12.7. The van der Waals surface area contributed by atoms with Crippen molar-refractivity contribution in [3.8, 4) is 17.6 Å². The van der Waals surface area contributed by atoms with Gasteiger partial charge in [0.2, 0.25) is 5.91 Å². The Morgan fingerprint density at radius 1 is 1.20 bits per heavy atom. The predicted octanol–water partition coefficient (Wildman–Crippen LogP) is 6.02. The summed E-state index contributed by atoms with van der Waals surface area (Å²) in [4.78, 5) is 19.2. The molecule has 0 saturated carbocycles. The quantitative estimate of drug-likeness (QED) is 0.240. The van der Waals surface area contributed by atoms with Gasteiger partial charge in [-0.2, -0.15) is 5.26 Å². The van der Waals surface area contributed by atoms with Gasteiger partial charge in [0.05, 0.1) is 41.0 Å². The maximum atomic E-state index is 12.7. The first-order valence-electron chi connectivity index (χ1n) is 13.8. The highest BCUT2D eigenvalue weighted by Crippen LogP contribution is 2.42. The first kappa shape index (κ1) is 30.0. The summed E-state index contributed by atoms with van der Waals surface area (Å²) in [6.45, 7) is 5.93. The Bertz CT molecular complexity index is 1390. The summed E-state index contributed by atoms with van der Waals surface area (Å²) < 4.78 is 11.8. The lowest BCUT2D eigenvalue weighted by molar-refractivity contribution is -0.116. The van der Waals surface area contributed by atoms with Gasteiger partial charge in [-0.3, -0.25) is 9.78 Å². The number of hydrogen-bond donors (Lipinski definition) is 3. The summed E-state index contributed by atoms with van der Waals surface area (Å²) in [6.07, 6.45) is 2.95. The van der Waals surface area contributed by atoms with E-state index in [1.54, 1.807) is 18.3 Å². The van der Waals surface area contributed by atoms with E-state index in [-0.39, 0.29) is 17.9 Å². The number of nitrogens with one attached hydrogen (secondary N) is 3. The van der Waals surface area contributed by atoms with Crippen molar-refractivity contribution in [1.82, 2.24) is 9.88 Å². The van der Waals surface area contributed by atoms with E-state index in [4.69, 9.17) is 21.1 Å². The minimum Gasteiger partial charge on any atom is -0.492 e. The number of amides is 1. The van der Waals surface area contributed by atoms with Gasteiger partial charge >= 0.3 is 0 Å². The van der Waals surface area contributed by atoms with Gasteiger partial charge in [-0.1, -0.05) is 17.7 Å². The average molecular weight is 577 g/mol. The summed E-state index contributed by atoms with van der Waals surface area (Å²) in [5.74, 6) is 0.678. The number of pyridine rings is 1. The van der Waals surface area contributed by atoms with Crippen molar-refractivity contribution in [1.29, 1.82) is 5.26 Å². The zero-order valence-corrected chi connectivity index (χ0v) is 24.7. The monoisotopic (exact) mass is 576 g/mol. The molecule has 3 aromatic rings. The molecule has 1 aromatic heterocycles. The number of carbonyl (C=O) groups excluding carboxylic acids is 1. The van der Waals surface area contributed by atoms with Crippen LogP contribution >= 0.6 is 11.6 Å². The molecule has 3 N–H and O–H groups in total. The van der Waals surface area contributed by atoms with Crippen molar-refractivity contribution in [2.45, 2.75) is 39.3 Å². The SMILES string of the molecule is CCOc1cc2c(cc1NC(=O)CCCN(C)C)C(Nc1ccc(OCc3ccc(C)cn3)c(Cl)c1)C(C#N)CN2. The van der Waals surface area contributed by atoms with Crippen LogP contribution in [0.5, 0.6) is 11.5 Å². The highest BCUT2D eigenvalue weighted by Gasteiger charge is 2.31. The molecular weight excluding hydrogens is 540 g/mol. The number of nitrogens with zero attached hydrogens (tertiary/aromatic N) is 3. The third-order valence-corrected chi connectivity index (χ3v) is 7.05. The lowest BCUT2D eigenvalue weighted by Crippen LogP contribution is -2.31. The fourth-order valence-corrected chi connectivity index (χ4v) is 4.86. The normalized spacial score (nSPS) is 15.8. The van der Waals surface area contributed by atoms with Crippen LogP contribution < -0.4 is 25.4 Å². The smallest absolute Gasteiger partial charge is 0.224 e. The first-order valence-corrected chi connectivity index (χ1v) is 14.1. The summed E-state index contributed by atoms with van der Waals surface area (Å²) in [6, 6.07) is 15.2. The van der Waals surface area contributed by atoms with Gasteiger partial charge in [0, 0.05) is 42.2 Å². The second-order valence-corrected chi connectivity index (χ2v) is 10.7. The molecule has 0 bridgehead atoms. The number of anilines is 3. The lowest BCUT2D eigenvalue weighted by Gasteiger charge is -2.33. The zero-order valence-electron chi connectivity index (χ0n) is 24.0. The number of fused-ring (bicyclic) bond motifs is 1. The van der Waals surface area contributed by atoms with E-state index in [1.807, 2.05) is 63.2 Å². The Kier molecular flexibility index (Phi) is 10.3. The predicted molar refractivity (Wildman–Crippen MR) is 163 cm³/mol. The highest BCUT2D eigenvalue weighted by atomic mass is 35.5. The molecule has 41 heavy (non-hydrogen) atoms. The van der Waals surface area contributed by atoms with Gasteiger partial charge in [-0.15, -0.1) is 0 Å². The maximum Gasteiger partial charge on any atom is 0.224 e. The molecule has 216 valence electrons. The van der Waals surface area contributed by atoms with Gasteiger partial charge < -0.3 is 30.3 Å². The van der Waals surface area contributed by atoms with Crippen LogP contribution in [0.25, 0.3) is 0 Å². The standard InChI is InChI=1S/C31H37ClN6O3/c1-5-40-29-15-26-24(14-27(29)37-30(39)7-6-12-38(3)4)31(21(16-33)18-35-26)36-22-10-11-28(25(32)13-22)41-19-23-9-8-20(2)17-34-23/h8-11,13-15,17,21,31,35-36H,5-7,12,18-19H2,1-4H3,(H,37,39). The van der Waals surface area contributed by atoms with Crippen LogP contribution in [0.1, 0.15) is 42.6 Å². The fourth-order valence-electron chi connectivity index (χ4n) is 4.62. The van der Waals surface area contributed by atoms with E-state index < -0.39 is 0 Å². The first-order chi connectivity index (χ1) is 19.8. The van der Waals surface area contributed by atoms with Crippen molar-refractivity contribution in [3.05, 3.63) is 70.5 Å². The molecule has 0 radical (unpaired) electrons. The van der Waals surface area contributed by atoms with Crippen molar-refractivity contribution in [2.24, 2.45) is 5.92 Å². The van der Waals surface area contributed by atoms with E-state index in [0.29, 0.717) is 48.4 Å². The Hall–Kier alpha value is -4.00. The van der Waals surface area contributed by atoms with Crippen molar-refractivity contribution in [2.75, 3.05) is 49.7 Å². The number of aromatic nitrogens is 1. The van der Waals surface area contributed by atoms with Gasteiger partial charge in [0.25, 0.3) is 0 Å². The molecule has 10 heteroatoms. The average Bonchev–Trinajstić information content (AvgIpc) is 2.94. The van der Waals surface area contributed by atoms with Crippen LogP contribution in [0, 0.1) is 24.2 Å². The van der Waals surface area contributed by atoms with E-state index in [0.717, 1.165) is 41.2 Å². The molecule has 2 unspecified atom stereocenters. The minimum atomic E-state index is -0.369. The molecule has 0 aliphatic carbocycles. The number of nitriles is 1. The fraction of sp³-hybridized carbons (Fsp3) is 0.387. The molecule has 0 saturated heterocycles. The number of aryl methyl sites for hydroxylation is 1. The number of carbonyl (C=O) groups is 1. The van der Waals surface area contributed by atoms with E-state index in [2.05, 4.69) is 27.0 Å². The van der Waals surface area contributed by atoms with E-state index >= 15 is 0 Å². The lowest BCUT2D eigenvalue weighted by atomic mass is 9.88. The molecule has 9 nitrogen and oxygen atoms in total. The van der Waals surface area contributed by atoms with Crippen LogP contribution in [0.15, 0.2) is 48.7 Å². The Labute approximate surface area is 246 Å². The van der Waals surface area contributed by atoms with E-state index in [9.17, 15) is 10.1 Å². The molecule has 2 heterocycles. The van der Waals surface area contributed by atoms with Crippen LogP contribution in [0.3, 0.4) is 0 Å². The topological polar surface area (TPSA) is 112 Å².